The third-order valence-electron chi connectivity index (χ3n) is 2.77. The lowest BCUT2D eigenvalue weighted by Gasteiger charge is -2.04. The molecule has 0 radical (unpaired) electrons. The maximum atomic E-state index is 13.1. The van der Waals surface area contributed by atoms with Gasteiger partial charge in [-0.2, -0.15) is 0 Å². The molecule has 6 heteroatoms. The molecule has 0 aliphatic rings. The van der Waals surface area contributed by atoms with Crippen molar-refractivity contribution in [1.29, 1.82) is 0 Å². The molecule has 0 spiro atoms. The maximum Gasteiger partial charge on any atom is 0.188 e. The molecular formula is C14H10FIN2OS. The van der Waals surface area contributed by atoms with Crippen LogP contribution in [0.4, 0.5) is 15.2 Å². The van der Waals surface area contributed by atoms with E-state index in [1.807, 2.05) is 18.2 Å². The summed E-state index contributed by atoms with van der Waals surface area (Å²) in [6, 6.07) is 10.4. The number of fused-ring (bicyclic) bond motifs is 1. The second kappa shape index (κ2) is 5.53. The number of anilines is 2. The van der Waals surface area contributed by atoms with Crippen LogP contribution in [0.5, 0.6) is 5.75 Å². The second-order valence-corrected chi connectivity index (χ2v) is 6.29. The largest absolute Gasteiger partial charge is 0.497 e. The van der Waals surface area contributed by atoms with Gasteiger partial charge in [-0.05, 0) is 59.0 Å². The molecule has 1 heterocycles. The van der Waals surface area contributed by atoms with Gasteiger partial charge < -0.3 is 10.1 Å². The summed E-state index contributed by atoms with van der Waals surface area (Å²) in [5.74, 6) is 0.568. The topological polar surface area (TPSA) is 34.1 Å². The molecule has 3 rings (SSSR count). The molecule has 20 heavy (non-hydrogen) atoms. The van der Waals surface area contributed by atoms with E-state index in [0.717, 1.165) is 30.4 Å². The average Bonchev–Trinajstić information content (AvgIpc) is 2.83. The Morgan fingerprint density at radius 3 is 2.85 bits per heavy atom. The SMILES string of the molecule is COc1ccc2nc(Nc3ccc(F)cc3I)sc2c1. The van der Waals surface area contributed by atoms with Crippen LogP contribution >= 0.6 is 33.9 Å². The first-order valence-corrected chi connectivity index (χ1v) is 7.72. The molecule has 0 amide bonds. The highest BCUT2D eigenvalue weighted by molar-refractivity contribution is 14.1. The molecule has 1 N–H and O–H groups in total. The van der Waals surface area contributed by atoms with E-state index in [2.05, 4.69) is 32.9 Å². The lowest BCUT2D eigenvalue weighted by molar-refractivity contribution is 0.415. The van der Waals surface area contributed by atoms with Crippen molar-refractivity contribution in [3.63, 3.8) is 0 Å². The van der Waals surface area contributed by atoms with Crippen molar-refractivity contribution in [3.8, 4) is 5.75 Å². The number of hydrogen-bond acceptors (Lipinski definition) is 4. The molecule has 0 fully saturated rings. The summed E-state index contributed by atoms with van der Waals surface area (Å²) in [5, 5.41) is 3.99. The van der Waals surface area contributed by atoms with Gasteiger partial charge in [0.15, 0.2) is 5.13 Å². The van der Waals surface area contributed by atoms with Gasteiger partial charge in [-0.25, -0.2) is 9.37 Å². The number of halogens is 2. The normalized spacial score (nSPS) is 10.8. The third-order valence-corrected chi connectivity index (χ3v) is 4.59. The minimum Gasteiger partial charge on any atom is -0.497 e. The number of thiazole rings is 1. The summed E-state index contributed by atoms with van der Waals surface area (Å²) in [4.78, 5) is 4.50. The predicted molar refractivity (Wildman–Crippen MR) is 88.6 cm³/mol. The van der Waals surface area contributed by atoms with Crippen LogP contribution in [0.3, 0.4) is 0 Å². The van der Waals surface area contributed by atoms with Crippen LogP contribution in [0.1, 0.15) is 0 Å². The van der Waals surface area contributed by atoms with Crippen LogP contribution in [0.2, 0.25) is 0 Å². The summed E-state index contributed by atoms with van der Waals surface area (Å²) in [5.41, 5.74) is 1.76. The highest BCUT2D eigenvalue weighted by Gasteiger charge is 2.07. The molecular weight excluding hydrogens is 390 g/mol. The zero-order valence-corrected chi connectivity index (χ0v) is 13.5. The van der Waals surface area contributed by atoms with Gasteiger partial charge in [0, 0.05) is 3.57 Å². The molecule has 0 aliphatic heterocycles. The van der Waals surface area contributed by atoms with Crippen molar-refractivity contribution >= 4 is 55.0 Å². The first-order chi connectivity index (χ1) is 9.65. The summed E-state index contributed by atoms with van der Waals surface area (Å²) in [7, 11) is 1.64. The van der Waals surface area contributed by atoms with E-state index in [0.29, 0.717) is 0 Å². The van der Waals surface area contributed by atoms with E-state index in [1.165, 1.54) is 23.5 Å². The van der Waals surface area contributed by atoms with Crippen LogP contribution in [-0.2, 0) is 0 Å². The fraction of sp³-hybridized carbons (Fsp3) is 0.0714. The zero-order valence-electron chi connectivity index (χ0n) is 10.5. The van der Waals surface area contributed by atoms with Crippen molar-refractivity contribution in [2.45, 2.75) is 0 Å². The second-order valence-electron chi connectivity index (χ2n) is 4.10. The molecule has 3 aromatic rings. The molecule has 0 unspecified atom stereocenters. The molecule has 102 valence electrons. The number of rotatable bonds is 3. The summed E-state index contributed by atoms with van der Waals surface area (Å²) < 4.78 is 20.1. The molecule has 0 saturated carbocycles. The monoisotopic (exact) mass is 400 g/mol. The van der Waals surface area contributed by atoms with Gasteiger partial charge in [-0.15, -0.1) is 0 Å². The standard InChI is InChI=1S/C14H10FIN2OS/c1-19-9-3-5-12-13(7-9)20-14(18-12)17-11-4-2-8(15)6-10(11)16/h2-7H,1H3,(H,17,18). The van der Waals surface area contributed by atoms with E-state index in [1.54, 1.807) is 13.2 Å². The summed E-state index contributed by atoms with van der Waals surface area (Å²) in [6.07, 6.45) is 0. The highest BCUT2D eigenvalue weighted by atomic mass is 127. The van der Waals surface area contributed by atoms with Gasteiger partial charge in [0.05, 0.1) is 23.0 Å². The lowest BCUT2D eigenvalue weighted by Crippen LogP contribution is -1.92. The minimum absolute atomic E-state index is 0.242. The fourth-order valence-electron chi connectivity index (χ4n) is 1.79. The van der Waals surface area contributed by atoms with Crippen molar-refractivity contribution < 1.29 is 9.13 Å². The number of methoxy groups -OCH3 is 1. The molecule has 3 nitrogen and oxygen atoms in total. The lowest BCUT2D eigenvalue weighted by atomic mass is 10.3. The molecule has 0 aliphatic carbocycles. The Labute approximate surface area is 132 Å². The number of nitrogens with one attached hydrogen (secondary N) is 1. The number of benzene rings is 2. The number of hydrogen-bond donors (Lipinski definition) is 1. The van der Waals surface area contributed by atoms with Gasteiger partial charge in [0.1, 0.15) is 11.6 Å². The fourth-order valence-corrected chi connectivity index (χ4v) is 3.31. The number of ether oxygens (including phenoxy) is 1. The Hall–Kier alpha value is -1.41. The van der Waals surface area contributed by atoms with Gasteiger partial charge in [0.25, 0.3) is 0 Å². The van der Waals surface area contributed by atoms with Gasteiger partial charge in [-0.3, -0.25) is 0 Å². The van der Waals surface area contributed by atoms with E-state index in [9.17, 15) is 4.39 Å². The summed E-state index contributed by atoms with van der Waals surface area (Å²) in [6.45, 7) is 0. The van der Waals surface area contributed by atoms with Gasteiger partial charge in [-0.1, -0.05) is 11.3 Å². The third kappa shape index (κ3) is 2.71. The quantitative estimate of drug-likeness (QED) is 0.642. The minimum atomic E-state index is -0.242. The molecule has 0 saturated heterocycles. The Bertz CT molecular complexity index is 775. The van der Waals surface area contributed by atoms with Crippen molar-refractivity contribution in [3.05, 3.63) is 45.8 Å². The summed E-state index contributed by atoms with van der Waals surface area (Å²) >= 11 is 3.63. The Kier molecular flexibility index (Phi) is 3.75. The first kappa shape index (κ1) is 13.6. The van der Waals surface area contributed by atoms with Crippen LogP contribution in [-0.4, -0.2) is 12.1 Å². The van der Waals surface area contributed by atoms with Gasteiger partial charge >= 0.3 is 0 Å². The van der Waals surface area contributed by atoms with E-state index < -0.39 is 0 Å². The van der Waals surface area contributed by atoms with E-state index in [-0.39, 0.29) is 5.82 Å². The van der Waals surface area contributed by atoms with Crippen molar-refractivity contribution in [2.75, 3.05) is 12.4 Å². The van der Waals surface area contributed by atoms with Crippen LogP contribution in [0.15, 0.2) is 36.4 Å². The molecule has 0 bridgehead atoms. The predicted octanol–water partition coefficient (Wildman–Crippen LogP) is 4.79. The zero-order chi connectivity index (χ0) is 14.1. The molecule has 2 aromatic carbocycles. The van der Waals surface area contributed by atoms with E-state index >= 15 is 0 Å². The highest BCUT2D eigenvalue weighted by Crippen LogP contribution is 2.32. The van der Waals surface area contributed by atoms with Crippen molar-refractivity contribution in [2.24, 2.45) is 0 Å². The van der Waals surface area contributed by atoms with Crippen LogP contribution < -0.4 is 10.1 Å². The Balaban J connectivity index is 1.94. The van der Waals surface area contributed by atoms with Crippen LogP contribution in [0.25, 0.3) is 10.2 Å². The number of aromatic nitrogens is 1. The van der Waals surface area contributed by atoms with E-state index in [4.69, 9.17) is 4.74 Å². The smallest absolute Gasteiger partial charge is 0.188 e. The molecule has 0 atom stereocenters. The first-order valence-electron chi connectivity index (χ1n) is 5.82. The Morgan fingerprint density at radius 1 is 1.25 bits per heavy atom. The Morgan fingerprint density at radius 2 is 2.10 bits per heavy atom. The van der Waals surface area contributed by atoms with Crippen molar-refractivity contribution in [1.82, 2.24) is 4.98 Å². The maximum absolute atomic E-state index is 13.1. The molecule has 1 aromatic heterocycles. The number of nitrogens with zero attached hydrogens (tertiary/aromatic N) is 1. The average molecular weight is 400 g/mol. The van der Waals surface area contributed by atoms with Gasteiger partial charge in [0.2, 0.25) is 0 Å². The van der Waals surface area contributed by atoms with Crippen LogP contribution in [0, 0.1) is 9.39 Å².